The number of rotatable bonds is 8. The lowest BCUT2D eigenvalue weighted by Gasteiger charge is -2.34. The summed E-state index contributed by atoms with van der Waals surface area (Å²) in [6.45, 7) is 5.31. The predicted octanol–water partition coefficient (Wildman–Crippen LogP) is 3.59. The van der Waals surface area contributed by atoms with Crippen molar-refractivity contribution < 1.29 is 18.8 Å². The summed E-state index contributed by atoms with van der Waals surface area (Å²) >= 11 is 0. The van der Waals surface area contributed by atoms with Gasteiger partial charge >= 0.3 is 0 Å². The second-order valence-corrected chi connectivity index (χ2v) is 7.98. The third-order valence-electron chi connectivity index (χ3n) is 5.84. The van der Waals surface area contributed by atoms with Crippen LogP contribution >= 0.6 is 0 Å². The minimum Gasteiger partial charge on any atom is -0.465 e. The van der Waals surface area contributed by atoms with Crippen molar-refractivity contribution in [2.45, 2.75) is 45.6 Å². The Kier molecular flexibility index (Phi) is 8.25. The Labute approximate surface area is 188 Å². The largest absolute Gasteiger partial charge is 0.465 e. The molecule has 2 N–H and O–H groups in total. The fourth-order valence-electron chi connectivity index (χ4n) is 3.86. The van der Waals surface area contributed by atoms with Crippen LogP contribution in [0.2, 0.25) is 0 Å². The second-order valence-electron chi connectivity index (χ2n) is 7.98. The Bertz CT molecular complexity index is 925. The van der Waals surface area contributed by atoms with E-state index in [4.69, 9.17) is 4.42 Å². The number of nitrogens with one attached hydrogen (secondary N) is 2. The summed E-state index contributed by atoms with van der Waals surface area (Å²) in [4.78, 5) is 40.1. The normalized spacial score (nSPS) is 15.0. The molecular weight excluding hydrogens is 406 g/mol. The van der Waals surface area contributed by atoms with Crippen molar-refractivity contribution in [3.63, 3.8) is 0 Å². The maximum absolute atomic E-state index is 13.0. The van der Waals surface area contributed by atoms with Crippen LogP contribution in [0.5, 0.6) is 0 Å². The minimum atomic E-state index is -0.379. The fourth-order valence-corrected chi connectivity index (χ4v) is 3.86. The smallest absolute Gasteiger partial charge is 0.268 e. The fraction of sp³-hybridized carbons (Fsp3) is 0.400. The highest BCUT2D eigenvalue weighted by Gasteiger charge is 2.28. The first-order valence-corrected chi connectivity index (χ1v) is 11.2. The molecular formula is C25H31N3O4. The quantitative estimate of drug-likeness (QED) is 0.618. The summed E-state index contributed by atoms with van der Waals surface area (Å²) in [5, 5.41) is 5.71. The van der Waals surface area contributed by atoms with E-state index in [1.165, 1.54) is 12.3 Å². The molecule has 0 radical (unpaired) electrons. The molecule has 0 aliphatic carbocycles. The van der Waals surface area contributed by atoms with E-state index in [0.717, 1.165) is 12.8 Å². The molecule has 170 valence electrons. The van der Waals surface area contributed by atoms with Crippen LogP contribution in [-0.2, 0) is 9.59 Å². The van der Waals surface area contributed by atoms with E-state index in [1.54, 1.807) is 36.4 Å². The standard InChI is InChI=1S/C25H31N3O4/c1-3-18(4-2)25(31)28-14-12-20(13-15-28)26-24(30)22(17-21-11-8-16-32-21)27-23(29)19-9-6-5-7-10-19/h5-11,16-18,20H,3-4,12-15H2,1-2H3,(H,26,30)(H,27,29). The molecule has 0 bridgehead atoms. The molecule has 0 atom stereocenters. The maximum atomic E-state index is 13.0. The van der Waals surface area contributed by atoms with Gasteiger partial charge in [0.25, 0.3) is 11.8 Å². The monoisotopic (exact) mass is 437 g/mol. The highest BCUT2D eigenvalue weighted by atomic mass is 16.3. The Hall–Kier alpha value is -3.35. The second kappa shape index (κ2) is 11.3. The third-order valence-corrected chi connectivity index (χ3v) is 5.84. The molecule has 1 fully saturated rings. The SMILES string of the molecule is CCC(CC)C(=O)N1CCC(NC(=O)C(=Cc2ccco2)NC(=O)c2ccccc2)CC1. The average Bonchev–Trinajstić information content (AvgIpc) is 3.33. The summed E-state index contributed by atoms with van der Waals surface area (Å²) in [5.41, 5.74) is 0.572. The van der Waals surface area contributed by atoms with Crippen LogP contribution in [0.1, 0.15) is 55.6 Å². The molecule has 1 aromatic heterocycles. The Morgan fingerprint density at radius 3 is 2.34 bits per heavy atom. The van der Waals surface area contributed by atoms with Crippen molar-refractivity contribution in [3.8, 4) is 0 Å². The molecule has 0 saturated carbocycles. The van der Waals surface area contributed by atoms with Gasteiger partial charge in [-0.05, 0) is 49.9 Å². The van der Waals surface area contributed by atoms with Gasteiger partial charge in [0.1, 0.15) is 11.5 Å². The molecule has 1 aliphatic heterocycles. The molecule has 1 saturated heterocycles. The van der Waals surface area contributed by atoms with Gasteiger partial charge in [0.15, 0.2) is 0 Å². The maximum Gasteiger partial charge on any atom is 0.268 e. The number of nitrogens with zero attached hydrogens (tertiary/aromatic N) is 1. The van der Waals surface area contributed by atoms with Crippen LogP contribution in [-0.4, -0.2) is 41.8 Å². The lowest BCUT2D eigenvalue weighted by molar-refractivity contribution is -0.136. The first-order valence-electron chi connectivity index (χ1n) is 11.2. The van der Waals surface area contributed by atoms with E-state index >= 15 is 0 Å². The van der Waals surface area contributed by atoms with Gasteiger partial charge in [-0.15, -0.1) is 0 Å². The number of carbonyl (C=O) groups is 3. The zero-order valence-corrected chi connectivity index (χ0v) is 18.7. The first-order chi connectivity index (χ1) is 15.5. The summed E-state index contributed by atoms with van der Waals surface area (Å²) < 4.78 is 5.32. The van der Waals surface area contributed by atoms with Crippen LogP contribution in [0.4, 0.5) is 0 Å². The van der Waals surface area contributed by atoms with Crippen molar-refractivity contribution in [1.29, 1.82) is 0 Å². The van der Waals surface area contributed by atoms with Gasteiger partial charge in [-0.3, -0.25) is 14.4 Å². The Morgan fingerprint density at radius 2 is 1.75 bits per heavy atom. The van der Waals surface area contributed by atoms with Crippen LogP contribution in [0, 0.1) is 5.92 Å². The number of hydrogen-bond donors (Lipinski definition) is 2. The number of amides is 3. The molecule has 7 heteroatoms. The van der Waals surface area contributed by atoms with Crippen LogP contribution < -0.4 is 10.6 Å². The highest BCUT2D eigenvalue weighted by molar-refractivity contribution is 6.05. The lowest BCUT2D eigenvalue weighted by atomic mass is 9.98. The lowest BCUT2D eigenvalue weighted by Crippen LogP contribution is -2.49. The van der Waals surface area contributed by atoms with Gasteiger partial charge in [-0.1, -0.05) is 32.0 Å². The van der Waals surface area contributed by atoms with E-state index < -0.39 is 0 Å². The first kappa shape index (κ1) is 23.3. The van der Waals surface area contributed by atoms with E-state index in [1.807, 2.05) is 24.8 Å². The Morgan fingerprint density at radius 1 is 1.06 bits per heavy atom. The molecule has 7 nitrogen and oxygen atoms in total. The van der Waals surface area contributed by atoms with Crippen molar-refractivity contribution >= 4 is 23.8 Å². The number of piperidine rings is 1. The van der Waals surface area contributed by atoms with E-state index in [2.05, 4.69) is 10.6 Å². The van der Waals surface area contributed by atoms with E-state index in [0.29, 0.717) is 37.3 Å². The topological polar surface area (TPSA) is 91.7 Å². The van der Waals surface area contributed by atoms with E-state index in [9.17, 15) is 14.4 Å². The molecule has 32 heavy (non-hydrogen) atoms. The highest BCUT2D eigenvalue weighted by Crippen LogP contribution is 2.18. The van der Waals surface area contributed by atoms with Gasteiger partial charge in [-0.25, -0.2) is 0 Å². The van der Waals surface area contributed by atoms with Gasteiger partial charge in [0.2, 0.25) is 5.91 Å². The van der Waals surface area contributed by atoms with Gasteiger partial charge < -0.3 is 20.0 Å². The zero-order chi connectivity index (χ0) is 22.9. The summed E-state index contributed by atoms with van der Waals surface area (Å²) in [5.74, 6) is -0.0147. The number of carbonyl (C=O) groups excluding carboxylic acids is 3. The van der Waals surface area contributed by atoms with Gasteiger partial charge in [0, 0.05) is 36.7 Å². The van der Waals surface area contributed by atoms with Crippen LogP contribution in [0.25, 0.3) is 6.08 Å². The minimum absolute atomic E-state index is 0.0668. The molecule has 1 aromatic carbocycles. The zero-order valence-electron chi connectivity index (χ0n) is 18.7. The molecule has 0 unspecified atom stereocenters. The third kappa shape index (κ3) is 6.09. The molecule has 2 aromatic rings. The molecule has 2 heterocycles. The summed E-state index contributed by atoms with van der Waals surface area (Å²) in [6.07, 6.45) is 6.06. The molecule has 1 aliphatic rings. The molecule has 3 rings (SSSR count). The summed E-state index contributed by atoms with van der Waals surface area (Å²) in [6, 6.07) is 12.1. The average molecular weight is 438 g/mol. The number of furan rings is 1. The predicted molar refractivity (Wildman–Crippen MR) is 122 cm³/mol. The van der Waals surface area contributed by atoms with Gasteiger partial charge in [-0.2, -0.15) is 0 Å². The van der Waals surface area contributed by atoms with Crippen LogP contribution in [0.3, 0.4) is 0 Å². The van der Waals surface area contributed by atoms with Crippen molar-refractivity contribution in [3.05, 3.63) is 65.7 Å². The molecule has 3 amide bonds. The van der Waals surface area contributed by atoms with Crippen molar-refractivity contribution in [2.75, 3.05) is 13.1 Å². The Balaban J connectivity index is 1.63. The number of benzene rings is 1. The van der Waals surface area contributed by atoms with E-state index in [-0.39, 0.29) is 35.4 Å². The van der Waals surface area contributed by atoms with Crippen molar-refractivity contribution in [2.24, 2.45) is 5.92 Å². The summed E-state index contributed by atoms with van der Waals surface area (Å²) in [7, 11) is 0. The van der Waals surface area contributed by atoms with Gasteiger partial charge in [0.05, 0.1) is 6.26 Å². The number of hydrogen-bond acceptors (Lipinski definition) is 4. The van der Waals surface area contributed by atoms with Crippen LogP contribution in [0.15, 0.2) is 58.8 Å². The number of likely N-dealkylation sites (tertiary alicyclic amines) is 1. The molecule has 0 spiro atoms. The van der Waals surface area contributed by atoms with Crippen molar-refractivity contribution in [1.82, 2.24) is 15.5 Å².